The smallest absolute Gasteiger partial charge is 0.240 e. The molecule has 2 aromatic heterocycles. The molecule has 0 spiro atoms. The quantitative estimate of drug-likeness (QED) is 0.762. The molecule has 0 aliphatic carbocycles. The molecule has 19 heavy (non-hydrogen) atoms. The summed E-state index contributed by atoms with van der Waals surface area (Å²) in [6, 6.07) is 12.0. The summed E-state index contributed by atoms with van der Waals surface area (Å²) < 4.78 is 6.99. The van der Waals surface area contributed by atoms with Crippen LogP contribution in [-0.4, -0.2) is 21.7 Å². The zero-order chi connectivity index (χ0) is 13.4. The van der Waals surface area contributed by atoms with Gasteiger partial charge in [-0.3, -0.25) is 0 Å². The average molecular weight is 254 g/mol. The predicted molar refractivity (Wildman–Crippen MR) is 74.1 cm³/mol. The second-order valence-electron chi connectivity index (χ2n) is 4.36. The molecule has 3 aromatic rings. The molecule has 0 amide bonds. The predicted octanol–water partition coefficient (Wildman–Crippen LogP) is 2.30. The highest BCUT2D eigenvalue weighted by molar-refractivity contribution is 5.68. The van der Waals surface area contributed by atoms with Gasteiger partial charge in [0, 0.05) is 5.56 Å². The fourth-order valence-corrected chi connectivity index (χ4v) is 2.14. The molecule has 96 valence electrons. The number of ether oxygens (including phenoxy) is 1. The molecule has 0 saturated heterocycles. The maximum Gasteiger partial charge on any atom is 0.240 e. The van der Waals surface area contributed by atoms with Crippen molar-refractivity contribution in [2.75, 3.05) is 12.8 Å². The van der Waals surface area contributed by atoms with Gasteiger partial charge in [-0.25, -0.2) is 4.52 Å². The number of hydrogen-bond acceptors (Lipinski definition) is 4. The summed E-state index contributed by atoms with van der Waals surface area (Å²) in [6.45, 7) is 2.06. The molecule has 2 N–H and O–H groups in total. The number of aryl methyl sites for hydroxylation is 1. The van der Waals surface area contributed by atoms with Gasteiger partial charge in [-0.1, -0.05) is 23.8 Å². The van der Waals surface area contributed by atoms with Crippen LogP contribution in [-0.2, 0) is 0 Å². The molecule has 0 aliphatic heterocycles. The van der Waals surface area contributed by atoms with Gasteiger partial charge in [0.15, 0.2) is 11.4 Å². The van der Waals surface area contributed by atoms with E-state index in [9.17, 15) is 0 Å². The second kappa shape index (κ2) is 4.28. The van der Waals surface area contributed by atoms with Crippen molar-refractivity contribution in [3.8, 4) is 17.0 Å². The summed E-state index contributed by atoms with van der Waals surface area (Å²) in [5.41, 5.74) is 9.51. The van der Waals surface area contributed by atoms with E-state index in [-0.39, 0.29) is 5.95 Å². The molecule has 0 fully saturated rings. The highest BCUT2D eigenvalue weighted by Crippen LogP contribution is 2.26. The lowest BCUT2D eigenvalue weighted by molar-refractivity contribution is 0.416. The van der Waals surface area contributed by atoms with Crippen LogP contribution >= 0.6 is 0 Å². The number of hydrogen-bond donors (Lipinski definition) is 1. The Hall–Kier alpha value is -2.56. The van der Waals surface area contributed by atoms with E-state index in [1.54, 1.807) is 11.6 Å². The van der Waals surface area contributed by atoms with Crippen LogP contribution in [0.2, 0.25) is 0 Å². The van der Waals surface area contributed by atoms with Crippen LogP contribution in [0.25, 0.3) is 16.9 Å². The number of nitrogens with two attached hydrogens (primary N) is 1. The summed E-state index contributed by atoms with van der Waals surface area (Å²) in [5, 5.41) is 4.23. The van der Waals surface area contributed by atoms with Crippen molar-refractivity contribution in [1.82, 2.24) is 14.6 Å². The summed E-state index contributed by atoms with van der Waals surface area (Å²) in [5.74, 6) is 0.888. The molecule has 0 aliphatic rings. The zero-order valence-corrected chi connectivity index (χ0v) is 10.8. The highest BCUT2D eigenvalue weighted by Gasteiger charge is 2.12. The molecule has 1 aromatic carbocycles. The largest absolute Gasteiger partial charge is 0.493 e. The fourth-order valence-electron chi connectivity index (χ4n) is 2.14. The Morgan fingerprint density at radius 2 is 2.05 bits per heavy atom. The van der Waals surface area contributed by atoms with Gasteiger partial charge in [-0.15, -0.1) is 5.10 Å². The Kier molecular flexibility index (Phi) is 2.59. The first-order chi connectivity index (χ1) is 9.19. The topological polar surface area (TPSA) is 65.4 Å². The number of nitrogen functional groups attached to an aromatic ring is 1. The number of anilines is 1. The lowest BCUT2D eigenvalue weighted by atomic mass is 10.1. The van der Waals surface area contributed by atoms with E-state index in [1.807, 2.05) is 24.3 Å². The Labute approximate surface area is 110 Å². The van der Waals surface area contributed by atoms with E-state index in [0.717, 1.165) is 11.3 Å². The molecular weight excluding hydrogens is 240 g/mol. The highest BCUT2D eigenvalue weighted by atomic mass is 16.5. The van der Waals surface area contributed by atoms with Crippen molar-refractivity contribution in [2.24, 2.45) is 0 Å². The Morgan fingerprint density at radius 3 is 2.79 bits per heavy atom. The number of pyridine rings is 1. The molecule has 0 bridgehead atoms. The molecule has 2 heterocycles. The number of methoxy groups -OCH3 is 1. The monoisotopic (exact) mass is 254 g/mol. The molecule has 0 radical (unpaired) electrons. The van der Waals surface area contributed by atoms with Gasteiger partial charge < -0.3 is 10.5 Å². The van der Waals surface area contributed by atoms with Crippen LogP contribution in [0.5, 0.6) is 5.75 Å². The van der Waals surface area contributed by atoms with Gasteiger partial charge in [-0.2, -0.15) is 4.98 Å². The second-order valence-corrected chi connectivity index (χ2v) is 4.36. The zero-order valence-electron chi connectivity index (χ0n) is 10.8. The first-order valence-electron chi connectivity index (χ1n) is 5.95. The van der Waals surface area contributed by atoms with Crippen LogP contribution in [0.3, 0.4) is 0 Å². The molecule has 0 unspecified atom stereocenters. The molecule has 5 heteroatoms. The minimum atomic E-state index is 0.235. The first-order valence-corrected chi connectivity index (χ1v) is 5.95. The van der Waals surface area contributed by atoms with Gasteiger partial charge in [0.25, 0.3) is 0 Å². The lowest BCUT2D eigenvalue weighted by Gasteiger charge is -2.07. The van der Waals surface area contributed by atoms with Crippen LogP contribution in [0, 0.1) is 6.92 Å². The minimum absolute atomic E-state index is 0.235. The van der Waals surface area contributed by atoms with E-state index >= 15 is 0 Å². The van der Waals surface area contributed by atoms with Crippen LogP contribution < -0.4 is 10.5 Å². The number of benzene rings is 1. The van der Waals surface area contributed by atoms with Gasteiger partial charge >= 0.3 is 0 Å². The molecule has 3 rings (SSSR count). The van der Waals surface area contributed by atoms with Crippen LogP contribution in [0.1, 0.15) is 5.56 Å². The summed E-state index contributed by atoms with van der Waals surface area (Å²) >= 11 is 0. The normalized spacial score (nSPS) is 10.8. The molecule has 0 saturated carbocycles. The third-order valence-corrected chi connectivity index (χ3v) is 3.00. The Morgan fingerprint density at radius 1 is 1.21 bits per heavy atom. The van der Waals surface area contributed by atoms with E-state index in [1.165, 1.54) is 5.56 Å². The van der Waals surface area contributed by atoms with Crippen molar-refractivity contribution in [3.63, 3.8) is 0 Å². The third kappa shape index (κ3) is 1.89. The summed E-state index contributed by atoms with van der Waals surface area (Å²) in [6.07, 6.45) is 0. The molecule has 0 atom stereocenters. The summed E-state index contributed by atoms with van der Waals surface area (Å²) in [4.78, 5) is 4.20. The SMILES string of the molecule is COc1ccc(-c2cccc(C)c2)n2nc(N)nc12. The minimum Gasteiger partial charge on any atom is -0.493 e. The third-order valence-electron chi connectivity index (χ3n) is 3.00. The maximum atomic E-state index is 5.69. The van der Waals surface area contributed by atoms with E-state index in [4.69, 9.17) is 10.5 Å². The lowest BCUT2D eigenvalue weighted by Crippen LogP contribution is -1.97. The first kappa shape index (κ1) is 11.5. The van der Waals surface area contributed by atoms with Crippen molar-refractivity contribution >= 4 is 11.6 Å². The van der Waals surface area contributed by atoms with E-state index < -0.39 is 0 Å². The number of rotatable bonds is 2. The van der Waals surface area contributed by atoms with Crippen molar-refractivity contribution in [3.05, 3.63) is 42.0 Å². The standard InChI is InChI=1S/C14H14N4O/c1-9-4-3-5-10(8-9)11-6-7-12(19-2)13-16-14(15)17-18(11)13/h3-8H,1-2H3,(H2,15,17). The number of aromatic nitrogens is 3. The van der Waals surface area contributed by atoms with Gasteiger partial charge in [0.05, 0.1) is 12.8 Å². The average Bonchev–Trinajstić information content (AvgIpc) is 2.78. The van der Waals surface area contributed by atoms with Gasteiger partial charge in [0.2, 0.25) is 5.95 Å². The fraction of sp³-hybridized carbons (Fsp3) is 0.143. The van der Waals surface area contributed by atoms with Crippen molar-refractivity contribution in [1.29, 1.82) is 0 Å². The molecular formula is C14H14N4O. The Balaban J connectivity index is 2.30. The van der Waals surface area contributed by atoms with E-state index in [0.29, 0.717) is 11.4 Å². The Bertz CT molecular complexity index is 748. The number of fused-ring (bicyclic) bond motifs is 1. The van der Waals surface area contributed by atoms with Crippen molar-refractivity contribution in [2.45, 2.75) is 6.92 Å². The van der Waals surface area contributed by atoms with Gasteiger partial charge in [-0.05, 0) is 25.1 Å². The maximum absolute atomic E-state index is 5.69. The number of nitrogens with zero attached hydrogens (tertiary/aromatic N) is 3. The molecule has 5 nitrogen and oxygen atoms in total. The van der Waals surface area contributed by atoms with Gasteiger partial charge in [0.1, 0.15) is 0 Å². The van der Waals surface area contributed by atoms with Crippen LogP contribution in [0.4, 0.5) is 5.95 Å². The summed E-state index contributed by atoms with van der Waals surface area (Å²) in [7, 11) is 1.60. The van der Waals surface area contributed by atoms with Crippen LogP contribution in [0.15, 0.2) is 36.4 Å². The van der Waals surface area contributed by atoms with E-state index in [2.05, 4.69) is 29.1 Å². The van der Waals surface area contributed by atoms with Crippen molar-refractivity contribution < 1.29 is 4.74 Å².